The molecule has 0 saturated carbocycles. The number of nitrogens with one attached hydrogen (secondary N) is 1. The summed E-state index contributed by atoms with van der Waals surface area (Å²) >= 11 is 0. The van der Waals surface area contributed by atoms with Crippen LogP contribution in [0.5, 0.6) is 0 Å². The Hall–Kier alpha value is -2.18. The maximum atomic E-state index is 13.1. The minimum Gasteiger partial charge on any atom is -0.453 e. The van der Waals surface area contributed by atoms with Crippen molar-refractivity contribution in [1.82, 2.24) is 9.21 Å². The summed E-state index contributed by atoms with van der Waals surface area (Å²) in [4.78, 5) is 25.7. The molecule has 0 spiro atoms. The third kappa shape index (κ3) is 5.36. The fraction of sp³-hybridized carbons (Fsp3) is 0.579. The molecule has 31 heavy (non-hydrogen) atoms. The van der Waals surface area contributed by atoms with E-state index in [0.29, 0.717) is 31.5 Å². The standard InChI is InChI=1S/C19H27N3O7S2/c1-21(16-9-11-30(25,26)13-16)18(23)14-4-3-10-22(12-14)31(27,28)17-7-5-15(6-8-17)20-19(24)29-2/h5-8,14,16H,3-4,9-13H2,1-2H3,(H,20,24)/t14-,16+/m0/s1. The monoisotopic (exact) mass is 473 g/mol. The van der Waals surface area contributed by atoms with Crippen LogP contribution in [0.1, 0.15) is 19.3 Å². The van der Waals surface area contributed by atoms with Crippen LogP contribution in [0.3, 0.4) is 0 Å². The molecule has 10 nitrogen and oxygen atoms in total. The van der Waals surface area contributed by atoms with E-state index in [0.717, 1.165) is 0 Å². The van der Waals surface area contributed by atoms with Gasteiger partial charge < -0.3 is 9.64 Å². The van der Waals surface area contributed by atoms with Crippen LogP contribution >= 0.6 is 0 Å². The molecule has 1 aromatic carbocycles. The predicted molar refractivity (Wildman–Crippen MR) is 114 cm³/mol. The van der Waals surface area contributed by atoms with Crippen LogP contribution < -0.4 is 5.32 Å². The molecule has 2 fully saturated rings. The molecule has 2 aliphatic rings. The second-order valence-electron chi connectivity index (χ2n) is 7.85. The maximum Gasteiger partial charge on any atom is 0.411 e. The predicted octanol–water partition coefficient (Wildman–Crippen LogP) is 0.911. The number of carbonyl (C=O) groups excluding carboxylic acids is 2. The lowest BCUT2D eigenvalue weighted by Crippen LogP contribution is -2.48. The molecular weight excluding hydrogens is 446 g/mol. The van der Waals surface area contributed by atoms with Crippen molar-refractivity contribution in [2.45, 2.75) is 30.2 Å². The van der Waals surface area contributed by atoms with E-state index in [9.17, 15) is 26.4 Å². The van der Waals surface area contributed by atoms with Crippen LogP contribution in [0.2, 0.25) is 0 Å². The fourth-order valence-electron chi connectivity index (χ4n) is 3.94. The largest absolute Gasteiger partial charge is 0.453 e. The number of rotatable bonds is 5. The molecule has 0 aromatic heterocycles. The van der Waals surface area contributed by atoms with Gasteiger partial charge in [0.15, 0.2) is 9.84 Å². The normalized spacial score (nSPS) is 23.8. The van der Waals surface area contributed by atoms with Crippen molar-refractivity contribution < 1.29 is 31.2 Å². The molecule has 0 unspecified atom stereocenters. The van der Waals surface area contributed by atoms with Crippen LogP contribution in [0.15, 0.2) is 29.2 Å². The molecule has 0 radical (unpaired) electrons. The van der Waals surface area contributed by atoms with Gasteiger partial charge in [0.2, 0.25) is 15.9 Å². The van der Waals surface area contributed by atoms with E-state index in [1.807, 2.05) is 0 Å². The number of hydrogen-bond donors (Lipinski definition) is 1. The van der Waals surface area contributed by atoms with Crippen molar-refractivity contribution >= 4 is 37.5 Å². The minimum atomic E-state index is -3.82. The Kier molecular flexibility index (Phi) is 6.92. The number of anilines is 1. The first kappa shape index (κ1) is 23.5. The number of sulfonamides is 1. The number of hydrogen-bond acceptors (Lipinski definition) is 7. The van der Waals surface area contributed by atoms with Gasteiger partial charge in [0.1, 0.15) is 0 Å². The average molecular weight is 474 g/mol. The van der Waals surface area contributed by atoms with Crippen LogP contribution in [0, 0.1) is 5.92 Å². The van der Waals surface area contributed by atoms with E-state index in [-0.39, 0.29) is 34.9 Å². The molecular formula is C19H27N3O7S2. The highest BCUT2D eigenvalue weighted by molar-refractivity contribution is 7.91. The number of nitrogens with zero attached hydrogens (tertiary/aromatic N) is 2. The smallest absolute Gasteiger partial charge is 0.411 e. The summed E-state index contributed by atoms with van der Waals surface area (Å²) in [6.45, 7) is 0.350. The topological polar surface area (TPSA) is 130 Å². The Balaban J connectivity index is 1.69. The molecule has 2 aliphatic heterocycles. The molecule has 172 valence electrons. The highest BCUT2D eigenvalue weighted by Gasteiger charge is 2.38. The molecule has 2 amide bonds. The summed E-state index contributed by atoms with van der Waals surface area (Å²) in [5, 5.41) is 2.45. The molecule has 1 N–H and O–H groups in total. The lowest BCUT2D eigenvalue weighted by Gasteiger charge is -2.34. The number of piperidine rings is 1. The van der Waals surface area contributed by atoms with E-state index in [4.69, 9.17) is 0 Å². The average Bonchev–Trinajstić information content (AvgIpc) is 3.12. The van der Waals surface area contributed by atoms with Crippen molar-refractivity contribution in [3.05, 3.63) is 24.3 Å². The van der Waals surface area contributed by atoms with Gasteiger partial charge in [-0.2, -0.15) is 4.31 Å². The minimum absolute atomic E-state index is 0.0457. The van der Waals surface area contributed by atoms with Crippen molar-refractivity contribution in [3.63, 3.8) is 0 Å². The van der Waals surface area contributed by atoms with Crippen LogP contribution in [0.25, 0.3) is 0 Å². The van der Waals surface area contributed by atoms with Gasteiger partial charge in [0, 0.05) is 31.9 Å². The van der Waals surface area contributed by atoms with Gasteiger partial charge in [0.05, 0.1) is 29.4 Å². The third-order valence-electron chi connectivity index (χ3n) is 5.76. The van der Waals surface area contributed by atoms with Gasteiger partial charge in [-0.3, -0.25) is 10.1 Å². The van der Waals surface area contributed by atoms with E-state index in [1.54, 1.807) is 7.05 Å². The van der Waals surface area contributed by atoms with Gasteiger partial charge in [0.25, 0.3) is 0 Å². The maximum absolute atomic E-state index is 13.1. The zero-order chi connectivity index (χ0) is 22.8. The Morgan fingerprint density at radius 1 is 1.19 bits per heavy atom. The summed E-state index contributed by atoms with van der Waals surface area (Å²) in [5.41, 5.74) is 0.394. The molecule has 0 bridgehead atoms. The van der Waals surface area contributed by atoms with Crippen molar-refractivity contribution in [2.75, 3.05) is 44.1 Å². The Morgan fingerprint density at radius 2 is 1.87 bits per heavy atom. The van der Waals surface area contributed by atoms with Gasteiger partial charge >= 0.3 is 6.09 Å². The number of methoxy groups -OCH3 is 1. The zero-order valence-electron chi connectivity index (χ0n) is 17.5. The number of ether oxygens (including phenoxy) is 1. The highest BCUT2D eigenvalue weighted by atomic mass is 32.2. The number of carbonyl (C=O) groups is 2. The zero-order valence-corrected chi connectivity index (χ0v) is 19.1. The summed E-state index contributed by atoms with van der Waals surface area (Å²) in [6.07, 6.45) is 0.836. The summed E-state index contributed by atoms with van der Waals surface area (Å²) in [5.74, 6) is -0.714. The number of benzene rings is 1. The van der Waals surface area contributed by atoms with E-state index in [1.165, 1.54) is 40.6 Å². The SMILES string of the molecule is COC(=O)Nc1ccc(S(=O)(=O)N2CCC[C@H](C(=O)N(C)[C@@H]3CCS(=O)(=O)C3)C2)cc1. The molecule has 2 saturated heterocycles. The van der Waals surface area contributed by atoms with Crippen molar-refractivity contribution in [1.29, 1.82) is 0 Å². The summed E-state index contributed by atoms with van der Waals surface area (Å²) < 4.78 is 55.4. The second kappa shape index (κ2) is 9.13. The highest BCUT2D eigenvalue weighted by Crippen LogP contribution is 2.27. The number of sulfone groups is 1. The van der Waals surface area contributed by atoms with Gasteiger partial charge in [-0.15, -0.1) is 0 Å². The number of amides is 2. The van der Waals surface area contributed by atoms with Crippen LogP contribution in [-0.4, -0.2) is 82.8 Å². The van der Waals surface area contributed by atoms with Crippen LogP contribution in [0.4, 0.5) is 10.5 Å². The van der Waals surface area contributed by atoms with Crippen molar-refractivity contribution in [2.24, 2.45) is 5.92 Å². The first-order chi connectivity index (χ1) is 14.5. The van der Waals surface area contributed by atoms with E-state index < -0.39 is 31.9 Å². The van der Waals surface area contributed by atoms with Gasteiger partial charge in [-0.25, -0.2) is 21.6 Å². The first-order valence-electron chi connectivity index (χ1n) is 9.96. The Labute approximate surface area is 182 Å². The molecule has 1 aromatic rings. The van der Waals surface area contributed by atoms with E-state index >= 15 is 0 Å². The lowest BCUT2D eigenvalue weighted by atomic mass is 9.97. The quantitative estimate of drug-likeness (QED) is 0.673. The molecule has 3 rings (SSSR count). The summed E-state index contributed by atoms with van der Waals surface area (Å²) in [7, 11) is -4.12. The first-order valence-corrected chi connectivity index (χ1v) is 13.2. The molecule has 2 atom stereocenters. The van der Waals surface area contributed by atoms with Gasteiger partial charge in [-0.1, -0.05) is 0 Å². The Bertz CT molecular complexity index is 1040. The second-order valence-corrected chi connectivity index (χ2v) is 12.0. The Morgan fingerprint density at radius 3 is 2.45 bits per heavy atom. The van der Waals surface area contributed by atoms with Crippen molar-refractivity contribution in [3.8, 4) is 0 Å². The lowest BCUT2D eigenvalue weighted by molar-refractivity contribution is -0.137. The molecule has 0 aliphatic carbocycles. The molecule has 12 heteroatoms. The fourth-order valence-corrected chi connectivity index (χ4v) is 7.24. The van der Waals surface area contributed by atoms with Crippen LogP contribution in [-0.2, 0) is 29.4 Å². The van der Waals surface area contributed by atoms with E-state index in [2.05, 4.69) is 10.1 Å². The summed E-state index contributed by atoms with van der Waals surface area (Å²) in [6, 6.07) is 5.35. The third-order valence-corrected chi connectivity index (χ3v) is 9.39. The molecule has 2 heterocycles. The van der Waals surface area contributed by atoms with Gasteiger partial charge in [-0.05, 0) is 43.5 Å².